The van der Waals surface area contributed by atoms with Gasteiger partial charge in [0.05, 0.1) is 18.0 Å². The predicted molar refractivity (Wildman–Crippen MR) is 89.2 cm³/mol. The molecule has 0 saturated carbocycles. The van der Waals surface area contributed by atoms with E-state index in [1.165, 1.54) is 0 Å². The molecule has 0 fully saturated rings. The number of nitrogens with one attached hydrogen (secondary N) is 1. The molecule has 1 aromatic carbocycles. The first-order valence-electron chi connectivity index (χ1n) is 7.64. The third-order valence-corrected chi connectivity index (χ3v) is 4.88. The van der Waals surface area contributed by atoms with E-state index in [0.717, 1.165) is 34.2 Å². The number of nitrogens with zero attached hydrogens (tertiary/aromatic N) is 1. The molecule has 23 heavy (non-hydrogen) atoms. The van der Waals surface area contributed by atoms with E-state index in [-0.39, 0.29) is 11.8 Å². The lowest BCUT2D eigenvalue weighted by Crippen LogP contribution is -2.38. The van der Waals surface area contributed by atoms with Crippen LogP contribution in [0.1, 0.15) is 16.3 Å². The van der Waals surface area contributed by atoms with Crippen molar-refractivity contribution in [1.82, 2.24) is 10.3 Å². The van der Waals surface area contributed by atoms with Crippen LogP contribution in [0.4, 0.5) is 0 Å². The van der Waals surface area contributed by atoms with Crippen LogP contribution in [0.25, 0.3) is 0 Å². The molecule has 2 aromatic rings. The van der Waals surface area contributed by atoms with Crippen LogP contribution in [0.3, 0.4) is 0 Å². The molecule has 1 N–H and O–H groups in total. The van der Waals surface area contributed by atoms with Crippen molar-refractivity contribution in [2.45, 2.75) is 19.8 Å². The minimum atomic E-state index is -0.145. The van der Waals surface area contributed by atoms with Gasteiger partial charge in [-0.15, -0.1) is 11.3 Å². The maximum Gasteiger partial charge on any atom is 0.226 e. The van der Waals surface area contributed by atoms with E-state index in [1.807, 2.05) is 30.5 Å². The summed E-state index contributed by atoms with van der Waals surface area (Å²) in [7, 11) is 1.63. The minimum absolute atomic E-state index is 0.0414. The van der Waals surface area contributed by atoms with Gasteiger partial charge >= 0.3 is 0 Å². The SMILES string of the molecule is COc1ccc2c(c1)OC[C@@H](C(=O)NCCc1nc(C)cs1)C2. The molecule has 1 atom stereocenters. The Morgan fingerprint density at radius 3 is 3.13 bits per heavy atom. The van der Waals surface area contributed by atoms with Crippen molar-refractivity contribution in [3.63, 3.8) is 0 Å². The number of ether oxygens (including phenoxy) is 2. The zero-order chi connectivity index (χ0) is 16.2. The second-order valence-corrected chi connectivity index (χ2v) is 6.55. The molecule has 0 radical (unpaired) electrons. The average Bonchev–Trinajstić information content (AvgIpc) is 2.99. The fraction of sp³-hybridized carbons (Fsp3) is 0.412. The van der Waals surface area contributed by atoms with E-state index < -0.39 is 0 Å². The number of methoxy groups -OCH3 is 1. The summed E-state index contributed by atoms with van der Waals surface area (Å²) in [6, 6.07) is 5.73. The summed E-state index contributed by atoms with van der Waals surface area (Å²) < 4.78 is 10.9. The second kappa shape index (κ2) is 7.00. The fourth-order valence-corrected chi connectivity index (χ4v) is 3.38. The van der Waals surface area contributed by atoms with Gasteiger partial charge in [0.15, 0.2) is 0 Å². The number of thiazole rings is 1. The smallest absolute Gasteiger partial charge is 0.226 e. The number of benzene rings is 1. The van der Waals surface area contributed by atoms with Crippen LogP contribution in [0.5, 0.6) is 11.5 Å². The lowest BCUT2D eigenvalue weighted by molar-refractivity contribution is -0.126. The van der Waals surface area contributed by atoms with Gasteiger partial charge < -0.3 is 14.8 Å². The van der Waals surface area contributed by atoms with E-state index in [0.29, 0.717) is 19.6 Å². The number of hydrogen-bond donors (Lipinski definition) is 1. The maximum atomic E-state index is 12.3. The molecule has 1 amide bonds. The number of hydrogen-bond acceptors (Lipinski definition) is 5. The van der Waals surface area contributed by atoms with Crippen LogP contribution >= 0.6 is 11.3 Å². The number of fused-ring (bicyclic) bond motifs is 1. The van der Waals surface area contributed by atoms with Gasteiger partial charge in [-0.2, -0.15) is 0 Å². The van der Waals surface area contributed by atoms with E-state index >= 15 is 0 Å². The molecule has 1 aromatic heterocycles. The highest BCUT2D eigenvalue weighted by Gasteiger charge is 2.26. The molecule has 1 aliphatic heterocycles. The normalized spacial score (nSPS) is 16.3. The number of carbonyl (C=O) groups excluding carboxylic acids is 1. The van der Waals surface area contributed by atoms with E-state index in [2.05, 4.69) is 10.3 Å². The Morgan fingerprint density at radius 2 is 2.39 bits per heavy atom. The summed E-state index contributed by atoms with van der Waals surface area (Å²) in [4.78, 5) is 16.7. The van der Waals surface area contributed by atoms with Gasteiger partial charge in [0.25, 0.3) is 0 Å². The molecule has 3 rings (SSSR count). The molecule has 1 aliphatic rings. The van der Waals surface area contributed by atoms with Crippen molar-refractivity contribution < 1.29 is 14.3 Å². The van der Waals surface area contributed by atoms with E-state index in [9.17, 15) is 4.79 Å². The third-order valence-electron chi connectivity index (χ3n) is 3.86. The lowest BCUT2D eigenvalue weighted by atomic mass is 9.96. The zero-order valence-electron chi connectivity index (χ0n) is 13.3. The molecular weight excluding hydrogens is 312 g/mol. The molecule has 0 bridgehead atoms. The molecule has 0 unspecified atom stereocenters. The van der Waals surface area contributed by atoms with Gasteiger partial charge in [0.1, 0.15) is 18.1 Å². The Kier molecular flexibility index (Phi) is 4.81. The molecule has 6 heteroatoms. The van der Waals surface area contributed by atoms with Gasteiger partial charge in [0, 0.05) is 30.1 Å². The standard InChI is InChI=1S/C17H20N2O3S/c1-11-10-23-16(19-11)5-6-18-17(20)13-7-12-3-4-14(21-2)8-15(12)22-9-13/h3-4,8,10,13H,5-7,9H2,1-2H3,(H,18,20)/t13-/m0/s1. The highest BCUT2D eigenvalue weighted by Crippen LogP contribution is 2.31. The van der Waals surface area contributed by atoms with Crippen LogP contribution in [0, 0.1) is 12.8 Å². The summed E-state index contributed by atoms with van der Waals surface area (Å²) in [6.45, 7) is 2.99. The van der Waals surface area contributed by atoms with Crippen LogP contribution < -0.4 is 14.8 Å². The average molecular weight is 332 g/mol. The topological polar surface area (TPSA) is 60.5 Å². The highest BCUT2D eigenvalue weighted by atomic mass is 32.1. The summed E-state index contributed by atoms with van der Waals surface area (Å²) in [6.07, 6.45) is 1.47. The molecular formula is C17H20N2O3S. The third kappa shape index (κ3) is 3.82. The quantitative estimate of drug-likeness (QED) is 0.913. The molecule has 2 heterocycles. The molecule has 0 spiro atoms. The largest absolute Gasteiger partial charge is 0.497 e. The van der Waals surface area contributed by atoms with Crippen molar-refractivity contribution in [3.8, 4) is 11.5 Å². The van der Waals surface area contributed by atoms with Crippen LogP contribution in [-0.2, 0) is 17.6 Å². The van der Waals surface area contributed by atoms with Gasteiger partial charge in [-0.05, 0) is 25.0 Å². The Bertz CT molecular complexity index is 699. The number of carbonyl (C=O) groups is 1. The summed E-state index contributed by atoms with van der Waals surface area (Å²) in [5, 5.41) is 6.07. The first-order chi connectivity index (χ1) is 11.2. The van der Waals surface area contributed by atoms with Gasteiger partial charge in [-0.1, -0.05) is 6.07 Å². The summed E-state index contributed by atoms with van der Waals surface area (Å²) in [5.74, 6) is 1.48. The van der Waals surface area contributed by atoms with Crippen molar-refractivity contribution in [2.24, 2.45) is 5.92 Å². The van der Waals surface area contributed by atoms with Crippen LogP contribution in [0.2, 0.25) is 0 Å². The van der Waals surface area contributed by atoms with Gasteiger partial charge in [-0.3, -0.25) is 4.79 Å². The molecule has 5 nitrogen and oxygen atoms in total. The Balaban J connectivity index is 1.52. The number of aryl methyl sites for hydroxylation is 1. The Hall–Kier alpha value is -2.08. The first kappa shape index (κ1) is 15.8. The zero-order valence-corrected chi connectivity index (χ0v) is 14.1. The van der Waals surface area contributed by atoms with E-state index in [1.54, 1.807) is 18.4 Å². The second-order valence-electron chi connectivity index (χ2n) is 5.61. The number of rotatable bonds is 5. The van der Waals surface area contributed by atoms with Crippen molar-refractivity contribution in [3.05, 3.63) is 39.8 Å². The van der Waals surface area contributed by atoms with Gasteiger partial charge in [-0.25, -0.2) is 4.98 Å². The van der Waals surface area contributed by atoms with Crippen molar-refractivity contribution in [1.29, 1.82) is 0 Å². The highest BCUT2D eigenvalue weighted by molar-refractivity contribution is 7.09. The minimum Gasteiger partial charge on any atom is -0.497 e. The number of amides is 1. The monoisotopic (exact) mass is 332 g/mol. The first-order valence-corrected chi connectivity index (χ1v) is 8.52. The maximum absolute atomic E-state index is 12.3. The predicted octanol–water partition coefficient (Wildman–Crippen LogP) is 2.37. The van der Waals surface area contributed by atoms with Crippen LogP contribution in [0.15, 0.2) is 23.6 Å². The fourth-order valence-electron chi connectivity index (χ4n) is 2.60. The number of aromatic nitrogens is 1. The van der Waals surface area contributed by atoms with Crippen molar-refractivity contribution in [2.75, 3.05) is 20.3 Å². The Morgan fingerprint density at radius 1 is 1.52 bits per heavy atom. The van der Waals surface area contributed by atoms with Gasteiger partial charge in [0.2, 0.25) is 5.91 Å². The molecule has 122 valence electrons. The lowest BCUT2D eigenvalue weighted by Gasteiger charge is -2.25. The van der Waals surface area contributed by atoms with Crippen molar-refractivity contribution >= 4 is 17.2 Å². The van der Waals surface area contributed by atoms with Crippen LogP contribution in [-0.4, -0.2) is 31.2 Å². The Labute approximate surface area is 139 Å². The summed E-state index contributed by atoms with van der Waals surface area (Å²) in [5.41, 5.74) is 2.08. The molecule has 0 saturated heterocycles. The van der Waals surface area contributed by atoms with E-state index in [4.69, 9.17) is 9.47 Å². The molecule has 0 aliphatic carbocycles. The summed E-state index contributed by atoms with van der Waals surface area (Å²) >= 11 is 1.63.